The summed E-state index contributed by atoms with van der Waals surface area (Å²) in [5, 5.41) is 8.59. The van der Waals surface area contributed by atoms with Crippen molar-refractivity contribution in [2.75, 3.05) is 19.6 Å². The van der Waals surface area contributed by atoms with Crippen LogP contribution in [0.15, 0.2) is 12.2 Å². The van der Waals surface area contributed by atoms with Crippen molar-refractivity contribution in [3.63, 3.8) is 0 Å². The minimum Gasteiger partial charge on any atom is -0.481 e. The molecule has 0 aromatic carbocycles. The monoisotopic (exact) mass is 169 g/mol. The van der Waals surface area contributed by atoms with Crippen LogP contribution in [0.5, 0.6) is 0 Å². The van der Waals surface area contributed by atoms with Gasteiger partial charge in [0.1, 0.15) is 0 Å². The van der Waals surface area contributed by atoms with E-state index in [1.54, 1.807) is 0 Å². The number of carboxylic acids is 1. The number of rotatable bonds is 4. The minimum absolute atomic E-state index is 0.144. The number of carboxylic acid groups (broad SMARTS) is 1. The van der Waals surface area contributed by atoms with Crippen molar-refractivity contribution in [3.8, 4) is 0 Å². The van der Waals surface area contributed by atoms with E-state index in [9.17, 15) is 4.79 Å². The van der Waals surface area contributed by atoms with Crippen LogP contribution in [-0.4, -0.2) is 35.6 Å². The molecule has 1 aliphatic heterocycles. The summed E-state index contributed by atoms with van der Waals surface area (Å²) in [5.74, 6) is -0.817. The third kappa shape index (κ3) is 2.08. The van der Waals surface area contributed by atoms with Crippen LogP contribution in [0.25, 0.3) is 0 Å². The fourth-order valence-corrected chi connectivity index (χ4v) is 1.28. The van der Waals surface area contributed by atoms with Crippen LogP contribution in [-0.2, 0) is 4.79 Å². The second-order valence-corrected chi connectivity index (χ2v) is 3.33. The van der Waals surface area contributed by atoms with Gasteiger partial charge in [-0.15, -0.1) is 0 Å². The lowest BCUT2D eigenvalue weighted by atomic mass is 9.99. The lowest BCUT2D eigenvalue weighted by molar-refractivity contribution is -0.147. The molecule has 68 valence electrons. The van der Waals surface area contributed by atoms with Crippen molar-refractivity contribution in [2.45, 2.75) is 13.3 Å². The molecule has 0 aromatic rings. The molecule has 0 bridgehead atoms. The van der Waals surface area contributed by atoms with Gasteiger partial charge in [-0.1, -0.05) is 19.1 Å². The maximum atomic E-state index is 10.4. The third-order valence-electron chi connectivity index (χ3n) is 2.25. The molecule has 1 heterocycles. The van der Waals surface area contributed by atoms with E-state index >= 15 is 0 Å². The molecule has 3 heteroatoms. The molecule has 0 amide bonds. The Hall–Kier alpha value is -0.830. The zero-order valence-corrected chi connectivity index (χ0v) is 7.42. The molecular formula is C9H15NO2. The first-order chi connectivity index (χ1) is 5.63. The highest BCUT2D eigenvalue weighted by atomic mass is 16.4. The second kappa shape index (κ2) is 3.72. The number of hydrogen-bond acceptors (Lipinski definition) is 2. The maximum Gasteiger partial charge on any atom is 0.309 e. The smallest absolute Gasteiger partial charge is 0.309 e. The van der Waals surface area contributed by atoms with E-state index in [4.69, 9.17) is 5.11 Å². The van der Waals surface area contributed by atoms with Gasteiger partial charge in [-0.2, -0.15) is 0 Å². The van der Waals surface area contributed by atoms with Crippen LogP contribution in [0.3, 0.4) is 0 Å². The highest BCUT2D eigenvalue weighted by Gasteiger charge is 2.31. The largest absolute Gasteiger partial charge is 0.481 e. The zero-order chi connectivity index (χ0) is 9.14. The van der Waals surface area contributed by atoms with Gasteiger partial charge in [0.2, 0.25) is 0 Å². The van der Waals surface area contributed by atoms with Gasteiger partial charge in [0.05, 0.1) is 5.92 Å². The average molecular weight is 169 g/mol. The standard InChI is InChI=1S/C9H15NO2/c1-3-7(2)4-10-5-8(6-10)9(11)12/h8H,2-6H2,1H3,(H,11,12). The predicted molar refractivity (Wildman–Crippen MR) is 47.0 cm³/mol. The second-order valence-electron chi connectivity index (χ2n) is 3.33. The number of nitrogens with zero attached hydrogens (tertiary/aromatic N) is 1. The van der Waals surface area contributed by atoms with Gasteiger partial charge in [0.15, 0.2) is 0 Å². The van der Waals surface area contributed by atoms with Gasteiger partial charge in [-0.25, -0.2) is 0 Å². The Labute approximate surface area is 72.7 Å². The van der Waals surface area contributed by atoms with E-state index in [1.807, 2.05) is 0 Å². The fourth-order valence-electron chi connectivity index (χ4n) is 1.28. The normalized spacial score (nSPS) is 18.8. The quantitative estimate of drug-likeness (QED) is 0.637. The molecule has 0 radical (unpaired) electrons. The summed E-state index contributed by atoms with van der Waals surface area (Å²) < 4.78 is 0. The number of aliphatic carboxylic acids is 1. The Balaban J connectivity index is 2.17. The van der Waals surface area contributed by atoms with Gasteiger partial charge in [-0.05, 0) is 6.42 Å². The summed E-state index contributed by atoms with van der Waals surface area (Å²) in [7, 11) is 0. The lowest BCUT2D eigenvalue weighted by Crippen LogP contribution is -2.50. The van der Waals surface area contributed by atoms with Crippen LogP contribution < -0.4 is 0 Å². The Bertz CT molecular complexity index is 195. The molecule has 0 atom stereocenters. The van der Waals surface area contributed by atoms with Crippen LogP contribution in [0.1, 0.15) is 13.3 Å². The van der Waals surface area contributed by atoms with Gasteiger partial charge in [0, 0.05) is 19.6 Å². The first-order valence-electron chi connectivity index (χ1n) is 4.25. The molecule has 1 aliphatic rings. The predicted octanol–water partition coefficient (Wildman–Crippen LogP) is 0.969. The highest BCUT2D eigenvalue weighted by molar-refractivity contribution is 5.71. The maximum absolute atomic E-state index is 10.4. The number of hydrogen-bond donors (Lipinski definition) is 1. The molecular weight excluding hydrogens is 154 g/mol. The van der Waals surface area contributed by atoms with Crippen LogP contribution in [0.4, 0.5) is 0 Å². The first-order valence-corrected chi connectivity index (χ1v) is 4.25. The number of carbonyl (C=O) groups is 1. The van der Waals surface area contributed by atoms with Gasteiger partial charge >= 0.3 is 5.97 Å². The Morgan fingerprint density at radius 1 is 1.67 bits per heavy atom. The highest BCUT2D eigenvalue weighted by Crippen LogP contribution is 2.17. The molecule has 0 saturated carbocycles. The van der Waals surface area contributed by atoms with Crippen LogP contribution in [0, 0.1) is 5.92 Å². The zero-order valence-electron chi connectivity index (χ0n) is 7.42. The van der Waals surface area contributed by atoms with Crippen LogP contribution in [0.2, 0.25) is 0 Å². The van der Waals surface area contributed by atoms with E-state index < -0.39 is 5.97 Å². The van der Waals surface area contributed by atoms with Crippen molar-refractivity contribution in [1.29, 1.82) is 0 Å². The van der Waals surface area contributed by atoms with Crippen molar-refractivity contribution in [3.05, 3.63) is 12.2 Å². The number of likely N-dealkylation sites (tertiary alicyclic amines) is 1. The fraction of sp³-hybridized carbons (Fsp3) is 0.667. The molecule has 1 N–H and O–H groups in total. The Morgan fingerprint density at radius 2 is 2.25 bits per heavy atom. The lowest BCUT2D eigenvalue weighted by Gasteiger charge is -2.36. The minimum atomic E-state index is -0.673. The van der Waals surface area contributed by atoms with E-state index in [1.165, 1.54) is 5.57 Å². The van der Waals surface area contributed by atoms with Crippen molar-refractivity contribution in [2.24, 2.45) is 5.92 Å². The van der Waals surface area contributed by atoms with E-state index in [0.29, 0.717) is 13.1 Å². The Kier molecular flexibility index (Phi) is 2.87. The molecule has 1 rings (SSSR count). The van der Waals surface area contributed by atoms with Crippen molar-refractivity contribution < 1.29 is 9.90 Å². The van der Waals surface area contributed by atoms with Crippen molar-refractivity contribution in [1.82, 2.24) is 4.90 Å². The van der Waals surface area contributed by atoms with Gasteiger partial charge in [0.25, 0.3) is 0 Å². The van der Waals surface area contributed by atoms with Crippen LogP contribution >= 0.6 is 0 Å². The van der Waals surface area contributed by atoms with E-state index in [-0.39, 0.29) is 5.92 Å². The van der Waals surface area contributed by atoms with Gasteiger partial charge in [-0.3, -0.25) is 9.69 Å². The summed E-state index contributed by atoms with van der Waals surface area (Å²) in [5.41, 5.74) is 1.18. The first kappa shape index (κ1) is 9.26. The molecule has 0 aliphatic carbocycles. The van der Waals surface area contributed by atoms with Gasteiger partial charge < -0.3 is 5.11 Å². The summed E-state index contributed by atoms with van der Waals surface area (Å²) in [4.78, 5) is 12.5. The molecule has 1 saturated heterocycles. The topological polar surface area (TPSA) is 40.5 Å². The summed E-state index contributed by atoms with van der Waals surface area (Å²) in [6, 6.07) is 0. The summed E-state index contributed by atoms with van der Waals surface area (Å²) in [6.07, 6.45) is 0.980. The van der Waals surface area contributed by atoms with E-state index in [2.05, 4.69) is 18.4 Å². The van der Waals surface area contributed by atoms with E-state index in [0.717, 1.165) is 13.0 Å². The molecule has 0 spiro atoms. The summed E-state index contributed by atoms with van der Waals surface area (Å²) in [6.45, 7) is 8.18. The Morgan fingerprint density at radius 3 is 2.67 bits per heavy atom. The molecule has 0 aromatic heterocycles. The SMILES string of the molecule is C=C(CC)CN1CC(C(=O)O)C1. The molecule has 1 fully saturated rings. The molecule has 12 heavy (non-hydrogen) atoms. The summed E-state index contributed by atoms with van der Waals surface area (Å²) >= 11 is 0. The molecule has 3 nitrogen and oxygen atoms in total. The molecule has 0 unspecified atom stereocenters. The van der Waals surface area contributed by atoms with Crippen molar-refractivity contribution >= 4 is 5.97 Å². The average Bonchev–Trinajstić information content (AvgIpc) is 1.94. The third-order valence-corrected chi connectivity index (χ3v) is 2.25.